The van der Waals surface area contributed by atoms with Gasteiger partial charge in [0.05, 0.1) is 13.7 Å². The lowest BCUT2D eigenvalue weighted by molar-refractivity contribution is -0.170. The highest BCUT2D eigenvalue weighted by molar-refractivity contribution is 5.94. The van der Waals surface area contributed by atoms with Crippen molar-refractivity contribution in [1.29, 1.82) is 0 Å². The van der Waals surface area contributed by atoms with E-state index in [0.717, 1.165) is 49.7 Å². The summed E-state index contributed by atoms with van der Waals surface area (Å²) in [5.74, 6) is 1.55. The number of anilines is 1. The maximum absolute atomic E-state index is 13.1. The van der Waals surface area contributed by atoms with Gasteiger partial charge in [-0.15, -0.1) is 0 Å². The summed E-state index contributed by atoms with van der Waals surface area (Å²) in [6.45, 7) is 3.18. The third-order valence-electron chi connectivity index (χ3n) is 6.42. The van der Waals surface area contributed by atoms with Gasteiger partial charge in [0.2, 0.25) is 0 Å². The SMILES string of the molecule is COc1ccc(NC(=O)[C@H]2Cn3ccnc3C3(CCN(Cc4ccccc4)CC3)O2)cc1. The first-order chi connectivity index (χ1) is 15.6. The first-order valence-electron chi connectivity index (χ1n) is 11.1. The van der Waals surface area contributed by atoms with Crippen LogP contribution < -0.4 is 10.1 Å². The standard InChI is InChI=1S/C25H28N4O3/c1-31-21-9-7-20(8-10-21)27-23(30)22-18-29-16-13-26-24(29)25(32-22)11-14-28(15-12-25)17-19-5-3-2-4-6-19/h2-10,13,16,22H,11-12,14-15,17-18H2,1H3,(H,27,30)/t22-/m1/s1. The van der Waals surface area contributed by atoms with Crippen molar-refractivity contribution in [2.24, 2.45) is 0 Å². The van der Waals surface area contributed by atoms with E-state index in [0.29, 0.717) is 6.54 Å². The highest BCUT2D eigenvalue weighted by atomic mass is 16.5. The fourth-order valence-corrected chi connectivity index (χ4v) is 4.69. The molecule has 1 fully saturated rings. The Morgan fingerprint density at radius 1 is 1.16 bits per heavy atom. The number of imidazole rings is 1. The summed E-state index contributed by atoms with van der Waals surface area (Å²) in [5.41, 5.74) is 1.51. The molecule has 0 unspecified atom stereocenters. The lowest BCUT2D eigenvalue weighted by Gasteiger charge is -2.45. The number of hydrogen-bond acceptors (Lipinski definition) is 5. The van der Waals surface area contributed by atoms with Gasteiger partial charge in [-0.3, -0.25) is 9.69 Å². The number of nitrogens with zero attached hydrogens (tertiary/aromatic N) is 3. The Balaban J connectivity index is 1.28. The molecule has 0 aliphatic carbocycles. The summed E-state index contributed by atoms with van der Waals surface area (Å²) >= 11 is 0. The number of methoxy groups -OCH3 is 1. The lowest BCUT2D eigenvalue weighted by Crippen LogP contribution is -2.53. The molecule has 1 amide bonds. The van der Waals surface area contributed by atoms with E-state index in [4.69, 9.17) is 9.47 Å². The molecule has 1 atom stereocenters. The second-order valence-electron chi connectivity index (χ2n) is 8.48. The molecule has 0 radical (unpaired) electrons. The normalized spacial score (nSPS) is 20.0. The number of carbonyl (C=O) groups excluding carboxylic acids is 1. The van der Waals surface area contributed by atoms with E-state index in [1.165, 1.54) is 5.56 Å². The van der Waals surface area contributed by atoms with Crippen LogP contribution in [0.2, 0.25) is 0 Å². The van der Waals surface area contributed by atoms with Crippen LogP contribution >= 0.6 is 0 Å². The number of fused-ring (bicyclic) bond motifs is 2. The number of benzene rings is 2. The third-order valence-corrected chi connectivity index (χ3v) is 6.42. The molecule has 1 spiro atoms. The number of piperidine rings is 1. The molecule has 32 heavy (non-hydrogen) atoms. The van der Waals surface area contributed by atoms with Crippen LogP contribution in [-0.2, 0) is 28.2 Å². The average Bonchev–Trinajstić information content (AvgIpc) is 3.32. The van der Waals surface area contributed by atoms with Gasteiger partial charge in [-0.25, -0.2) is 4.98 Å². The monoisotopic (exact) mass is 432 g/mol. The number of nitrogens with one attached hydrogen (secondary N) is 1. The van der Waals surface area contributed by atoms with Gasteiger partial charge in [-0.1, -0.05) is 30.3 Å². The van der Waals surface area contributed by atoms with Gasteiger partial charge in [0.25, 0.3) is 5.91 Å². The van der Waals surface area contributed by atoms with Gasteiger partial charge in [0, 0.05) is 37.7 Å². The zero-order valence-electron chi connectivity index (χ0n) is 18.2. The van der Waals surface area contributed by atoms with Crippen LogP contribution in [-0.4, -0.2) is 46.7 Å². The zero-order valence-corrected chi connectivity index (χ0v) is 18.2. The minimum Gasteiger partial charge on any atom is -0.497 e. The smallest absolute Gasteiger partial charge is 0.255 e. The summed E-state index contributed by atoms with van der Waals surface area (Å²) in [6.07, 6.45) is 4.80. The molecule has 1 N–H and O–H groups in total. The van der Waals surface area contributed by atoms with Crippen molar-refractivity contribution in [3.8, 4) is 5.75 Å². The van der Waals surface area contributed by atoms with E-state index in [9.17, 15) is 4.79 Å². The molecule has 1 aromatic heterocycles. The molecule has 5 rings (SSSR count). The summed E-state index contributed by atoms with van der Waals surface area (Å²) in [5, 5.41) is 2.99. The number of amides is 1. The van der Waals surface area contributed by atoms with Gasteiger partial charge < -0.3 is 19.4 Å². The molecule has 2 aliphatic heterocycles. The molecule has 166 valence electrons. The molecule has 7 nitrogen and oxygen atoms in total. The molecular weight excluding hydrogens is 404 g/mol. The van der Waals surface area contributed by atoms with Crippen molar-refractivity contribution < 1.29 is 14.3 Å². The number of carbonyl (C=O) groups is 1. The van der Waals surface area contributed by atoms with Crippen molar-refractivity contribution in [3.63, 3.8) is 0 Å². The van der Waals surface area contributed by atoms with E-state index in [1.54, 1.807) is 13.3 Å². The van der Waals surface area contributed by atoms with Crippen LogP contribution in [0.3, 0.4) is 0 Å². The molecule has 7 heteroatoms. The Hall–Kier alpha value is -3.16. The second-order valence-corrected chi connectivity index (χ2v) is 8.48. The highest BCUT2D eigenvalue weighted by Crippen LogP contribution is 2.40. The maximum atomic E-state index is 13.1. The number of rotatable bonds is 5. The lowest BCUT2D eigenvalue weighted by atomic mass is 9.88. The predicted molar refractivity (Wildman–Crippen MR) is 121 cm³/mol. The van der Waals surface area contributed by atoms with Crippen LogP contribution in [0.15, 0.2) is 67.0 Å². The van der Waals surface area contributed by atoms with Crippen molar-refractivity contribution in [3.05, 3.63) is 78.4 Å². The minimum absolute atomic E-state index is 0.138. The second kappa shape index (κ2) is 8.76. The van der Waals surface area contributed by atoms with Gasteiger partial charge in [0.1, 0.15) is 17.2 Å². The largest absolute Gasteiger partial charge is 0.497 e. The summed E-state index contributed by atoms with van der Waals surface area (Å²) in [6, 6.07) is 17.8. The predicted octanol–water partition coefficient (Wildman–Crippen LogP) is 3.42. The van der Waals surface area contributed by atoms with Crippen molar-refractivity contribution in [2.45, 2.75) is 37.6 Å². The third kappa shape index (κ3) is 4.13. The van der Waals surface area contributed by atoms with Gasteiger partial charge in [0.15, 0.2) is 6.10 Å². The van der Waals surface area contributed by atoms with Crippen molar-refractivity contribution in [1.82, 2.24) is 14.5 Å². The average molecular weight is 433 g/mol. The first kappa shape index (κ1) is 20.7. The molecule has 0 bridgehead atoms. The zero-order chi connectivity index (χ0) is 22.0. The Labute approximate surface area is 188 Å². The Bertz CT molecular complexity index is 1060. The van der Waals surface area contributed by atoms with Crippen LogP contribution in [0.5, 0.6) is 5.75 Å². The molecule has 1 saturated heterocycles. The molecule has 3 aromatic rings. The summed E-state index contributed by atoms with van der Waals surface area (Å²) in [4.78, 5) is 20.1. The minimum atomic E-state index is -0.570. The van der Waals surface area contributed by atoms with Crippen LogP contribution in [0, 0.1) is 0 Å². The Morgan fingerprint density at radius 2 is 1.91 bits per heavy atom. The van der Waals surface area contributed by atoms with Gasteiger partial charge >= 0.3 is 0 Å². The topological polar surface area (TPSA) is 68.6 Å². The van der Waals surface area contributed by atoms with Crippen LogP contribution in [0.25, 0.3) is 0 Å². The highest BCUT2D eigenvalue weighted by Gasteiger charge is 2.47. The van der Waals surface area contributed by atoms with Gasteiger partial charge in [-0.05, 0) is 42.7 Å². The van der Waals surface area contributed by atoms with Crippen molar-refractivity contribution >= 4 is 11.6 Å². The molecule has 2 aliphatic rings. The Morgan fingerprint density at radius 3 is 2.62 bits per heavy atom. The van der Waals surface area contributed by atoms with E-state index in [1.807, 2.05) is 36.5 Å². The van der Waals surface area contributed by atoms with E-state index < -0.39 is 11.7 Å². The summed E-state index contributed by atoms with van der Waals surface area (Å²) < 4.78 is 13.8. The quantitative estimate of drug-likeness (QED) is 0.669. The molecular formula is C25H28N4O3. The summed E-state index contributed by atoms with van der Waals surface area (Å²) in [7, 11) is 1.62. The first-order valence-corrected chi connectivity index (χ1v) is 11.1. The molecule has 0 saturated carbocycles. The van der Waals surface area contributed by atoms with E-state index in [2.05, 4.69) is 44.0 Å². The number of aromatic nitrogens is 2. The fraction of sp³-hybridized carbons (Fsp3) is 0.360. The van der Waals surface area contributed by atoms with E-state index >= 15 is 0 Å². The Kier molecular flexibility index (Phi) is 5.68. The maximum Gasteiger partial charge on any atom is 0.255 e. The number of ether oxygens (including phenoxy) is 2. The molecule has 3 heterocycles. The van der Waals surface area contributed by atoms with Gasteiger partial charge in [-0.2, -0.15) is 0 Å². The van der Waals surface area contributed by atoms with Crippen LogP contribution in [0.1, 0.15) is 24.2 Å². The molecule has 2 aromatic carbocycles. The fourth-order valence-electron chi connectivity index (χ4n) is 4.69. The number of hydrogen-bond donors (Lipinski definition) is 1. The van der Waals surface area contributed by atoms with Crippen LogP contribution in [0.4, 0.5) is 5.69 Å². The number of likely N-dealkylation sites (tertiary alicyclic amines) is 1. The van der Waals surface area contributed by atoms with Crippen molar-refractivity contribution in [2.75, 3.05) is 25.5 Å². The van der Waals surface area contributed by atoms with E-state index in [-0.39, 0.29) is 5.91 Å².